The largest absolute Gasteiger partial charge is 0.510 e. The number of aliphatic hydroxyl groups excluding tert-OH is 2. The maximum Gasteiger partial charge on any atom is 0.200 e. The van der Waals surface area contributed by atoms with Crippen molar-refractivity contribution >= 4 is 11.9 Å². The summed E-state index contributed by atoms with van der Waals surface area (Å²) in [6.45, 7) is 2.52. The second kappa shape index (κ2) is 5.75. The van der Waals surface area contributed by atoms with Gasteiger partial charge in [-0.25, -0.2) is 9.98 Å². The van der Waals surface area contributed by atoms with Crippen LogP contribution in [0.1, 0.15) is 19.8 Å². The van der Waals surface area contributed by atoms with E-state index in [0.29, 0.717) is 24.9 Å². The molecule has 2 rings (SSSR count). The highest BCUT2D eigenvalue weighted by molar-refractivity contribution is 5.99. The van der Waals surface area contributed by atoms with E-state index in [2.05, 4.69) is 20.6 Å². The molecule has 0 fully saturated rings. The lowest BCUT2D eigenvalue weighted by atomic mass is 9.99. The minimum absolute atomic E-state index is 0.0211. The van der Waals surface area contributed by atoms with E-state index >= 15 is 0 Å². The molecule has 1 aliphatic heterocycles. The number of aliphatic imine (C=N–C) groups is 2. The minimum atomic E-state index is -0.784. The van der Waals surface area contributed by atoms with Crippen molar-refractivity contribution in [3.63, 3.8) is 0 Å². The monoisotopic (exact) mass is 265 g/mol. The molecule has 2 atom stereocenters. The molecule has 0 spiro atoms. The number of hydrogen-bond acceptors (Lipinski definition) is 7. The Balaban J connectivity index is 1.79. The third kappa shape index (κ3) is 3.72. The molecule has 2 aliphatic rings. The zero-order valence-electron chi connectivity index (χ0n) is 10.8. The van der Waals surface area contributed by atoms with Gasteiger partial charge in [-0.05, 0) is 19.4 Å². The Morgan fingerprint density at radius 3 is 2.95 bits per heavy atom. The summed E-state index contributed by atoms with van der Waals surface area (Å²) in [4.78, 5) is 8.27. The van der Waals surface area contributed by atoms with E-state index in [1.54, 1.807) is 0 Å². The maximum atomic E-state index is 9.52. The first-order valence-electron chi connectivity index (χ1n) is 6.23. The van der Waals surface area contributed by atoms with Crippen LogP contribution in [0.25, 0.3) is 0 Å². The van der Waals surface area contributed by atoms with Gasteiger partial charge < -0.3 is 21.3 Å². The molecule has 6 N–H and O–H groups in total. The highest BCUT2D eigenvalue weighted by Gasteiger charge is 2.16. The molecular weight excluding hydrogens is 246 g/mol. The van der Waals surface area contributed by atoms with Crippen LogP contribution < -0.4 is 16.4 Å². The van der Waals surface area contributed by atoms with Crippen LogP contribution in [0.15, 0.2) is 33.5 Å². The number of rotatable bonds is 3. The van der Waals surface area contributed by atoms with Crippen LogP contribution in [0.5, 0.6) is 0 Å². The molecule has 1 heterocycles. The van der Waals surface area contributed by atoms with E-state index in [1.165, 1.54) is 6.08 Å². The molecule has 2 unspecified atom stereocenters. The van der Waals surface area contributed by atoms with Crippen molar-refractivity contribution in [1.82, 2.24) is 10.6 Å². The van der Waals surface area contributed by atoms with Crippen molar-refractivity contribution in [2.75, 3.05) is 6.54 Å². The highest BCUT2D eigenvalue weighted by atomic mass is 16.3. The van der Waals surface area contributed by atoms with Gasteiger partial charge in [0.1, 0.15) is 18.0 Å². The summed E-state index contributed by atoms with van der Waals surface area (Å²) in [5, 5.41) is 24.8. The third-order valence-electron chi connectivity index (χ3n) is 2.91. The Labute approximate surface area is 111 Å². The summed E-state index contributed by atoms with van der Waals surface area (Å²) < 4.78 is 0. The van der Waals surface area contributed by atoms with E-state index in [4.69, 9.17) is 5.73 Å². The van der Waals surface area contributed by atoms with Gasteiger partial charge in [0.25, 0.3) is 0 Å². The van der Waals surface area contributed by atoms with Crippen molar-refractivity contribution in [2.24, 2.45) is 15.7 Å². The van der Waals surface area contributed by atoms with E-state index in [-0.39, 0.29) is 11.9 Å². The van der Waals surface area contributed by atoms with E-state index < -0.39 is 6.10 Å². The normalized spacial score (nSPS) is 26.6. The lowest BCUT2D eigenvalue weighted by molar-refractivity contribution is 0.150. The number of nitrogens with two attached hydrogens (primary N) is 1. The van der Waals surface area contributed by atoms with Crippen LogP contribution in [0, 0.1) is 0 Å². The van der Waals surface area contributed by atoms with E-state index in [9.17, 15) is 10.2 Å². The number of allylic oxidation sites excluding steroid dienone is 2. The van der Waals surface area contributed by atoms with Crippen LogP contribution in [0.2, 0.25) is 0 Å². The van der Waals surface area contributed by atoms with Crippen LogP contribution in [-0.2, 0) is 0 Å². The zero-order valence-corrected chi connectivity index (χ0v) is 10.8. The van der Waals surface area contributed by atoms with Gasteiger partial charge in [0.05, 0.1) is 0 Å². The third-order valence-corrected chi connectivity index (χ3v) is 2.91. The first-order chi connectivity index (χ1) is 9.04. The van der Waals surface area contributed by atoms with Crippen LogP contribution >= 0.6 is 0 Å². The van der Waals surface area contributed by atoms with Crippen LogP contribution in [0.4, 0.5) is 0 Å². The average molecular weight is 265 g/mol. The Hall–Kier alpha value is -2.02. The SMILES string of the molecule is CC1N=C(N)NC(NCCC2=CC=C(O)C(O)C2)=N1. The van der Waals surface area contributed by atoms with Gasteiger partial charge in [0.15, 0.2) is 11.9 Å². The molecule has 0 aromatic rings. The lowest BCUT2D eigenvalue weighted by Gasteiger charge is -2.19. The van der Waals surface area contributed by atoms with E-state index in [0.717, 1.165) is 12.0 Å². The molecule has 0 bridgehead atoms. The van der Waals surface area contributed by atoms with Crippen molar-refractivity contribution in [3.05, 3.63) is 23.5 Å². The molecule has 1 aliphatic carbocycles. The van der Waals surface area contributed by atoms with Crippen molar-refractivity contribution < 1.29 is 10.2 Å². The molecule has 0 aromatic carbocycles. The summed E-state index contributed by atoms with van der Waals surface area (Å²) in [6, 6.07) is 0. The van der Waals surface area contributed by atoms with Crippen molar-refractivity contribution in [3.8, 4) is 0 Å². The van der Waals surface area contributed by atoms with Gasteiger partial charge in [0, 0.05) is 13.0 Å². The Morgan fingerprint density at radius 2 is 2.26 bits per heavy atom. The predicted octanol–water partition coefficient (Wildman–Crippen LogP) is -0.281. The Morgan fingerprint density at radius 1 is 1.47 bits per heavy atom. The quantitative estimate of drug-likeness (QED) is 0.481. The minimum Gasteiger partial charge on any atom is -0.510 e. The van der Waals surface area contributed by atoms with Crippen molar-refractivity contribution in [2.45, 2.75) is 32.0 Å². The number of hydrogen-bond donors (Lipinski definition) is 5. The molecule has 7 heteroatoms. The maximum absolute atomic E-state index is 9.52. The average Bonchev–Trinajstić information content (AvgIpc) is 2.32. The fourth-order valence-corrected chi connectivity index (χ4v) is 1.95. The molecule has 0 saturated heterocycles. The highest BCUT2D eigenvalue weighted by Crippen LogP contribution is 2.19. The number of guanidine groups is 2. The van der Waals surface area contributed by atoms with Gasteiger partial charge in [0.2, 0.25) is 0 Å². The number of aliphatic hydroxyl groups is 2. The predicted molar refractivity (Wildman–Crippen MR) is 73.7 cm³/mol. The lowest BCUT2D eigenvalue weighted by Crippen LogP contribution is -2.48. The van der Waals surface area contributed by atoms with Crippen LogP contribution in [0.3, 0.4) is 0 Å². The smallest absolute Gasteiger partial charge is 0.200 e. The molecule has 0 aromatic heterocycles. The van der Waals surface area contributed by atoms with Crippen molar-refractivity contribution in [1.29, 1.82) is 0 Å². The van der Waals surface area contributed by atoms with E-state index in [1.807, 2.05) is 13.0 Å². The van der Waals surface area contributed by atoms with Gasteiger partial charge in [-0.15, -0.1) is 0 Å². The molecule has 7 nitrogen and oxygen atoms in total. The van der Waals surface area contributed by atoms with Gasteiger partial charge in [-0.3, -0.25) is 5.32 Å². The first-order valence-corrected chi connectivity index (χ1v) is 6.23. The second-order valence-corrected chi connectivity index (χ2v) is 4.56. The summed E-state index contributed by atoms with van der Waals surface area (Å²) in [6.07, 6.45) is 3.62. The number of nitrogens with zero attached hydrogens (tertiary/aromatic N) is 2. The first kappa shape index (κ1) is 13.4. The zero-order chi connectivity index (χ0) is 13.8. The number of nitrogens with one attached hydrogen (secondary N) is 2. The molecule has 0 saturated carbocycles. The standard InChI is InChI=1S/C12H19N5O2/c1-7-15-11(13)17-12(16-7)14-5-4-8-2-3-9(18)10(19)6-8/h2-3,7,10,18-19H,4-6H2,1H3,(H4,13,14,15,16,17). The summed E-state index contributed by atoms with van der Waals surface area (Å²) >= 11 is 0. The molecule has 0 amide bonds. The Bertz CT molecular complexity index is 467. The summed E-state index contributed by atoms with van der Waals surface area (Å²) in [7, 11) is 0. The molecule has 19 heavy (non-hydrogen) atoms. The molecule has 0 radical (unpaired) electrons. The van der Waals surface area contributed by atoms with Crippen LogP contribution in [-0.4, -0.2) is 40.9 Å². The second-order valence-electron chi connectivity index (χ2n) is 4.56. The Kier molecular flexibility index (Phi) is 4.06. The fraction of sp³-hybridized carbons (Fsp3) is 0.500. The summed E-state index contributed by atoms with van der Waals surface area (Å²) in [5.41, 5.74) is 6.67. The van der Waals surface area contributed by atoms with Gasteiger partial charge in [-0.1, -0.05) is 11.6 Å². The molecule has 104 valence electrons. The summed E-state index contributed by atoms with van der Waals surface area (Å²) in [5.74, 6) is 0.980. The van der Waals surface area contributed by atoms with Gasteiger partial charge >= 0.3 is 0 Å². The molecular formula is C12H19N5O2. The van der Waals surface area contributed by atoms with Gasteiger partial charge in [-0.2, -0.15) is 0 Å². The topological polar surface area (TPSA) is 115 Å². The fourth-order valence-electron chi connectivity index (χ4n) is 1.95.